The monoisotopic (exact) mass is 258 g/mol. The van der Waals surface area contributed by atoms with Crippen molar-refractivity contribution in [3.63, 3.8) is 0 Å². The van der Waals surface area contributed by atoms with Crippen molar-refractivity contribution in [1.82, 2.24) is 19.6 Å². The summed E-state index contributed by atoms with van der Waals surface area (Å²) in [7, 11) is 0. The van der Waals surface area contributed by atoms with Crippen LogP contribution in [-0.4, -0.2) is 25.3 Å². The van der Waals surface area contributed by atoms with Crippen LogP contribution < -0.4 is 0 Å². The average Bonchev–Trinajstić information content (AvgIpc) is 2.93. The van der Waals surface area contributed by atoms with Crippen LogP contribution in [0, 0.1) is 5.41 Å². The number of hydrogen-bond acceptors (Lipinski definition) is 3. The first kappa shape index (κ1) is 12.1. The predicted molar refractivity (Wildman–Crippen MR) is 70.9 cm³/mol. The highest BCUT2D eigenvalue weighted by atomic mass is 16.1. The molecular weight excluding hydrogens is 240 g/mol. The number of Topliss-reactive ketones (excluding diaryl/α,β-unsaturated/α-hetero) is 1. The number of rotatable bonds is 3. The lowest BCUT2D eigenvalue weighted by atomic mass is 9.76. The Hall–Kier alpha value is -1.91. The molecule has 1 aliphatic carbocycles. The maximum absolute atomic E-state index is 12.1. The quantitative estimate of drug-likeness (QED) is 0.845. The summed E-state index contributed by atoms with van der Waals surface area (Å²) in [5, 5.41) is 7.75. The van der Waals surface area contributed by atoms with Crippen LogP contribution in [0.1, 0.15) is 36.3 Å². The summed E-state index contributed by atoms with van der Waals surface area (Å²) >= 11 is 0. The van der Waals surface area contributed by atoms with Crippen LogP contribution in [0.2, 0.25) is 0 Å². The molecular formula is C14H18N4O. The third-order valence-corrected chi connectivity index (χ3v) is 3.71. The second-order valence-corrected chi connectivity index (χ2v) is 5.98. The lowest BCUT2D eigenvalue weighted by molar-refractivity contribution is 0.0910. The molecule has 0 fully saturated rings. The number of hydrogen-bond donors (Lipinski definition) is 0. The molecule has 19 heavy (non-hydrogen) atoms. The lowest BCUT2D eigenvalue weighted by Crippen LogP contribution is -2.28. The molecule has 0 aliphatic heterocycles. The van der Waals surface area contributed by atoms with Gasteiger partial charge in [0.15, 0.2) is 5.78 Å². The van der Waals surface area contributed by atoms with Gasteiger partial charge < -0.3 is 4.57 Å². The Morgan fingerprint density at radius 1 is 1.26 bits per heavy atom. The van der Waals surface area contributed by atoms with Crippen molar-refractivity contribution < 1.29 is 4.79 Å². The standard InChI is InChI=1S/C14H18N4O/c1-14(2)9-12-11(13(19)10-14)3-5-17(12)7-8-18-6-4-15-16-18/h3-6H,7-10H2,1-2H3. The molecule has 3 rings (SSSR count). The second-order valence-electron chi connectivity index (χ2n) is 5.98. The molecule has 2 aromatic heterocycles. The zero-order valence-corrected chi connectivity index (χ0v) is 11.3. The Kier molecular flexibility index (Phi) is 2.77. The van der Waals surface area contributed by atoms with E-state index in [9.17, 15) is 4.79 Å². The van der Waals surface area contributed by atoms with Crippen molar-refractivity contribution in [2.45, 2.75) is 39.8 Å². The summed E-state index contributed by atoms with van der Waals surface area (Å²) in [6, 6.07) is 1.95. The van der Waals surface area contributed by atoms with Crippen LogP contribution >= 0.6 is 0 Å². The average molecular weight is 258 g/mol. The Bertz CT molecular complexity index is 595. The highest BCUT2D eigenvalue weighted by Crippen LogP contribution is 2.35. The molecule has 2 aromatic rings. The second kappa shape index (κ2) is 4.33. The maximum Gasteiger partial charge on any atom is 0.165 e. The van der Waals surface area contributed by atoms with Gasteiger partial charge >= 0.3 is 0 Å². The molecule has 0 bridgehead atoms. The third kappa shape index (κ3) is 2.32. The minimum atomic E-state index is 0.0629. The molecule has 100 valence electrons. The number of carbonyl (C=O) groups excluding carboxylic acids is 1. The Morgan fingerprint density at radius 3 is 2.84 bits per heavy atom. The number of aryl methyl sites for hydroxylation is 2. The molecule has 0 aromatic carbocycles. The highest BCUT2D eigenvalue weighted by Gasteiger charge is 2.32. The fourth-order valence-electron chi connectivity index (χ4n) is 2.77. The van der Waals surface area contributed by atoms with E-state index >= 15 is 0 Å². The first-order chi connectivity index (χ1) is 9.05. The summed E-state index contributed by atoms with van der Waals surface area (Å²) in [6.07, 6.45) is 7.15. The van der Waals surface area contributed by atoms with Crippen LogP contribution in [0.25, 0.3) is 0 Å². The van der Waals surface area contributed by atoms with Gasteiger partial charge in [-0.05, 0) is 17.9 Å². The molecule has 0 atom stereocenters. The Labute approximate surface area is 112 Å². The van der Waals surface area contributed by atoms with Gasteiger partial charge in [0.1, 0.15) is 0 Å². The fourth-order valence-corrected chi connectivity index (χ4v) is 2.77. The van der Waals surface area contributed by atoms with E-state index in [1.54, 1.807) is 6.20 Å². The zero-order chi connectivity index (χ0) is 13.5. The summed E-state index contributed by atoms with van der Waals surface area (Å²) in [5.74, 6) is 0.269. The molecule has 0 amide bonds. The largest absolute Gasteiger partial charge is 0.349 e. The van der Waals surface area contributed by atoms with E-state index in [4.69, 9.17) is 0 Å². The van der Waals surface area contributed by atoms with Gasteiger partial charge in [0.05, 0.1) is 12.7 Å². The molecule has 0 saturated carbocycles. The van der Waals surface area contributed by atoms with E-state index < -0.39 is 0 Å². The van der Waals surface area contributed by atoms with Crippen LogP contribution in [0.3, 0.4) is 0 Å². The van der Waals surface area contributed by atoms with Gasteiger partial charge in [-0.3, -0.25) is 9.48 Å². The fraction of sp³-hybridized carbons (Fsp3) is 0.500. The normalized spacial score (nSPS) is 17.5. The van der Waals surface area contributed by atoms with E-state index in [0.717, 1.165) is 25.1 Å². The van der Waals surface area contributed by atoms with Crippen LogP contribution in [-0.2, 0) is 19.5 Å². The number of nitrogens with zero attached hydrogens (tertiary/aromatic N) is 4. The number of ketones is 1. The van der Waals surface area contributed by atoms with Crippen molar-refractivity contribution >= 4 is 5.78 Å². The molecule has 5 nitrogen and oxygen atoms in total. The van der Waals surface area contributed by atoms with Crippen molar-refractivity contribution in [3.05, 3.63) is 35.9 Å². The summed E-state index contributed by atoms with van der Waals surface area (Å²) < 4.78 is 3.98. The molecule has 0 unspecified atom stereocenters. The minimum Gasteiger partial charge on any atom is -0.349 e. The summed E-state index contributed by atoms with van der Waals surface area (Å²) in [5.41, 5.74) is 2.13. The minimum absolute atomic E-state index is 0.0629. The first-order valence-electron chi connectivity index (χ1n) is 6.60. The molecule has 0 N–H and O–H groups in total. The van der Waals surface area contributed by atoms with Crippen LogP contribution in [0.5, 0.6) is 0 Å². The number of aromatic nitrogens is 4. The Morgan fingerprint density at radius 2 is 2.11 bits per heavy atom. The van der Waals surface area contributed by atoms with Gasteiger partial charge in [0.2, 0.25) is 0 Å². The van der Waals surface area contributed by atoms with Crippen LogP contribution in [0.15, 0.2) is 24.7 Å². The topological polar surface area (TPSA) is 52.7 Å². The van der Waals surface area contributed by atoms with Crippen molar-refractivity contribution in [3.8, 4) is 0 Å². The summed E-state index contributed by atoms with van der Waals surface area (Å²) in [6.45, 7) is 5.91. The first-order valence-corrected chi connectivity index (χ1v) is 6.60. The van der Waals surface area contributed by atoms with Gasteiger partial charge in [0.25, 0.3) is 0 Å². The molecule has 0 saturated heterocycles. The number of fused-ring (bicyclic) bond motifs is 1. The SMILES string of the molecule is CC1(C)CC(=O)c2ccn(CCn3ccnn3)c2C1. The van der Waals surface area contributed by atoms with Gasteiger partial charge in [0, 0.05) is 36.6 Å². The van der Waals surface area contributed by atoms with Gasteiger partial charge in [-0.1, -0.05) is 19.1 Å². The van der Waals surface area contributed by atoms with E-state index in [1.165, 1.54) is 5.69 Å². The van der Waals surface area contributed by atoms with Crippen molar-refractivity contribution in [2.75, 3.05) is 0 Å². The van der Waals surface area contributed by atoms with Gasteiger partial charge in [-0.25, -0.2) is 0 Å². The summed E-state index contributed by atoms with van der Waals surface area (Å²) in [4.78, 5) is 12.1. The van der Waals surface area contributed by atoms with Gasteiger partial charge in [-0.2, -0.15) is 0 Å². The molecule has 0 radical (unpaired) electrons. The molecule has 5 heteroatoms. The Balaban J connectivity index is 1.82. The van der Waals surface area contributed by atoms with E-state index in [-0.39, 0.29) is 11.2 Å². The third-order valence-electron chi connectivity index (χ3n) is 3.71. The zero-order valence-electron chi connectivity index (χ0n) is 11.3. The predicted octanol–water partition coefficient (Wildman–Crippen LogP) is 1.93. The molecule has 0 spiro atoms. The van der Waals surface area contributed by atoms with Crippen molar-refractivity contribution in [1.29, 1.82) is 0 Å². The number of carbonyl (C=O) groups is 1. The van der Waals surface area contributed by atoms with E-state index in [1.807, 2.05) is 23.1 Å². The lowest BCUT2D eigenvalue weighted by Gasteiger charge is -2.29. The highest BCUT2D eigenvalue weighted by molar-refractivity contribution is 5.98. The van der Waals surface area contributed by atoms with E-state index in [2.05, 4.69) is 28.7 Å². The molecule has 2 heterocycles. The maximum atomic E-state index is 12.1. The van der Waals surface area contributed by atoms with Crippen molar-refractivity contribution in [2.24, 2.45) is 5.41 Å². The van der Waals surface area contributed by atoms with Crippen LogP contribution in [0.4, 0.5) is 0 Å². The van der Waals surface area contributed by atoms with Gasteiger partial charge in [-0.15, -0.1) is 5.10 Å². The smallest absolute Gasteiger partial charge is 0.165 e. The molecule has 1 aliphatic rings. The van der Waals surface area contributed by atoms with E-state index in [0.29, 0.717) is 6.42 Å².